The van der Waals surface area contributed by atoms with Crippen molar-refractivity contribution in [3.8, 4) is 0 Å². The fraction of sp³-hybridized carbons (Fsp3) is 0.250. The highest BCUT2D eigenvalue weighted by atomic mass is 19.1. The van der Waals surface area contributed by atoms with Gasteiger partial charge < -0.3 is 0 Å². The average Bonchev–Trinajstić information content (AvgIpc) is 2.75. The van der Waals surface area contributed by atoms with Gasteiger partial charge in [-0.2, -0.15) is 0 Å². The van der Waals surface area contributed by atoms with E-state index >= 15 is 0 Å². The Balaban J connectivity index is 2.38. The smallest absolute Gasteiger partial charge is 0.212 e. The van der Waals surface area contributed by atoms with Crippen molar-refractivity contribution in [2.45, 2.75) is 19.9 Å². The minimum atomic E-state index is -0.784. The van der Waals surface area contributed by atoms with Crippen LogP contribution in [0.15, 0.2) is 24.4 Å². The van der Waals surface area contributed by atoms with Crippen molar-refractivity contribution < 1.29 is 13.6 Å². The lowest BCUT2D eigenvalue weighted by molar-refractivity contribution is 0.102. The van der Waals surface area contributed by atoms with Gasteiger partial charge in [-0.25, -0.2) is 13.5 Å². The minimum Gasteiger partial charge on any atom is -0.287 e. The second kappa shape index (κ2) is 5.03. The molecular formula is C12H11F2N3O. The van der Waals surface area contributed by atoms with Gasteiger partial charge in [-0.3, -0.25) is 4.79 Å². The number of benzene rings is 1. The lowest BCUT2D eigenvalue weighted by Crippen LogP contribution is -2.12. The molecule has 1 heterocycles. The van der Waals surface area contributed by atoms with E-state index in [1.807, 2.05) is 6.92 Å². The molecule has 0 spiro atoms. The number of aryl methyl sites for hydroxylation is 1. The Labute approximate surface area is 102 Å². The van der Waals surface area contributed by atoms with Gasteiger partial charge >= 0.3 is 0 Å². The first kappa shape index (κ1) is 12.3. The molecule has 1 aromatic heterocycles. The molecule has 0 amide bonds. The number of hydrogen-bond acceptors (Lipinski definition) is 3. The number of carbonyl (C=O) groups excluding carboxylic acids is 1. The first-order valence-corrected chi connectivity index (χ1v) is 5.51. The molecule has 0 saturated carbocycles. The van der Waals surface area contributed by atoms with Gasteiger partial charge in [0.05, 0.1) is 6.20 Å². The number of nitrogens with zero attached hydrogens (tertiary/aromatic N) is 3. The van der Waals surface area contributed by atoms with E-state index in [0.717, 1.165) is 24.6 Å². The second-order valence-electron chi connectivity index (χ2n) is 3.83. The highest BCUT2D eigenvalue weighted by Gasteiger charge is 2.16. The number of rotatable bonds is 4. The van der Waals surface area contributed by atoms with E-state index in [-0.39, 0.29) is 11.3 Å². The summed E-state index contributed by atoms with van der Waals surface area (Å²) < 4.78 is 27.5. The van der Waals surface area contributed by atoms with Crippen LogP contribution in [0.25, 0.3) is 0 Å². The molecule has 0 N–H and O–H groups in total. The maximum atomic E-state index is 13.0. The zero-order valence-electron chi connectivity index (χ0n) is 9.73. The first-order chi connectivity index (χ1) is 8.61. The summed E-state index contributed by atoms with van der Waals surface area (Å²) in [6.07, 6.45) is 2.07. The van der Waals surface area contributed by atoms with Crippen molar-refractivity contribution in [3.05, 3.63) is 47.3 Å². The number of carbonyl (C=O) groups is 1. The molecular weight excluding hydrogens is 240 g/mol. The van der Waals surface area contributed by atoms with Gasteiger partial charge in [-0.1, -0.05) is 12.1 Å². The van der Waals surface area contributed by atoms with Gasteiger partial charge in [0, 0.05) is 18.2 Å². The summed E-state index contributed by atoms with van der Waals surface area (Å²) in [7, 11) is 0. The molecule has 0 aliphatic rings. The molecule has 0 saturated heterocycles. The summed E-state index contributed by atoms with van der Waals surface area (Å²) in [4.78, 5) is 12.1. The summed E-state index contributed by atoms with van der Waals surface area (Å²) in [5, 5.41) is 7.39. The Kier molecular flexibility index (Phi) is 3.45. The van der Waals surface area contributed by atoms with Crippen molar-refractivity contribution in [1.29, 1.82) is 0 Å². The Bertz CT molecular complexity index is 560. The second-order valence-corrected chi connectivity index (χ2v) is 3.83. The molecule has 0 atom stereocenters. The summed E-state index contributed by atoms with van der Waals surface area (Å²) in [5.41, 5.74) is 0.175. The molecule has 4 nitrogen and oxygen atoms in total. The van der Waals surface area contributed by atoms with Crippen molar-refractivity contribution in [2.75, 3.05) is 0 Å². The van der Waals surface area contributed by atoms with Crippen LogP contribution in [0, 0.1) is 11.6 Å². The molecule has 0 aliphatic carbocycles. The summed E-state index contributed by atoms with van der Waals surface area (Å²) in [6, 6.07) is 2.71. The minimum absolute atomic E-state index is 0.0489. The topological polar surface area (TPSA) is 47.8 Å². The monoisotopic (exact) mass is 251 g/mol. The van der Waals surface area contributed by atoms with Crippen LogP contribution in [0.5, 0.6) is 0 Å². The van der Waals surface area contributed by atoms with Crippen LogP contribution < -0.4 is 0 Å². The van der Waals surface area contributed by atoms with E-state index in [2.05, 4.69) is 10.3 Å². The van der Waals surface area contributed by atoms with Crippen LogP contribution >= 0.6 is 0 Å². The number of ketones is 1. The number of aromatic nitrogens is 3. The van der Waals surface area contributed by atoms with Crippen LogP contribution in [0.2, 0.25) is 0 Å². The highest BCUT2D eigenvalue weighted by Crippen LogP contribution is 2.13. The predicted octanol–water partition coefficient (Wildman–Crippen LogP) is 2.20. The largest absolute Gasteiger partial charge is 0.287 e. The van der Waals surface area contributed by atoms with E-state index in [9.17, 15) is 13.6 Å². The average molecular weight is 251 g/mol. The van der Waals surface area contributed by atoms with Gasteiger partial charge in [0.25, 0.3) is 0 Å². The van der Waals surface area contributed by atoms with Crippen LogP contribution in [-0.4, -0.2) is 20.8 Å². The van der Waals surface area contributed by atoms with E-state index in [0.29, 0.717) is 6.54 Å². The maximum Gasteiger partial charge on any atom is 0.212 e. The molecule has 2 aromatic rings. The lowest BCUT2D eigenvalue weighted by atomic mass is 10.1. The molecule has 6 heteroatoms. The SMILES string of the molecule is CCCn1nncc1C(=O)c1cc(F)cc(F)c1. The Morgan fingerprint density at radius 3 is 2.56 bits per heavy atom. The third-order valence-electron chi connectivity index (χ3n) is 2.41. The summed E-state index contributed by atoms with van der Waals surface area (Å²) in [6.45, 7) is 2.46. The Morgan fingerprint density at radius 1 is 1.28 bits per heavy atom. The molecule has 0 radical (unpaired) electrons. The highest BCUT2D eigenvalue weighted by molar-refractivity contribution is 6.07. The van der Waals surface area contributed by atoms with Crippen molar-refractivity contribution in [1.82, 2.24) is 15.0 Å². The number of halogens is 2. The van der Waals surface area contributed by atoms with Crippen LogP contribution in [-0.2, 0) is 6.54 Å². The van der Waals surface area contributed by atoms with E-state index in [1.54, 1.807) is 0 Å². The molecule has 0 aliphatic heterocycles. The van der Waals surface area contributed by atoms with E-state index in [1.165, 1.54) is 10.9 Å². The Hall–Kier alpha value is -2.11. The van der Waals surface area contributed by atoms with E-state index < -0.39 is 17.4 Å². The zero-order valence-corrected chi connectivity index (χ0v) is 9.73. The maximum absolute atomic E-state index is 13.0. The van der Waals surface area contributed by atoms with Gasteiger partial charge in [-0.05, 0) is 18.6 Å². The Morgan fingerprint density at radius 2 is 1.94 bits per heavy atom. The number of hydrogen-bond donors (Lipinski definition) is 0. The van der Waals surface area contributed by atoms with Crippen LogP contribution in [0.1, 0.15) is 29.4 Å². The molecule has 1 aromatic carbocycles. The molecule has 2 rings (SSSR count). The molecule has 0 bridgehead atoms. The fourth-order valence-corrected chi connectivity index (χ4v) is 1.64. The van der Waals surface area contributed by atoms with Crippen molar-refractivity contribution in [2.24, 2.45) is 0 Å². The van der Waals surface area contributed by atoms with Gasteiger partial charge in [-0.15, -0.1) is 5.10 Å². The van der Waals surface area contributed by atoms with Crippen LogP contribution in [0.3, 0.4) is 0 Å². The van der Waals surface area contributed by atoms with E-state index in [4.69, 9.17) is 0 Å². The molecule has 0 fully saturated rings. The predicted molar refractivity (Wildman–Crippen MR) is 60.1 cm³/mol. The third-order valence-corrected chi connectivity index (χ3v) is 2.41. The van der Waals surface area contributed by atoms with Crippen molar-refractivity contribution >= 4 is 5.78 Å². The van der Waals surface area contributed by atoms with Gasteiger partial charge in [0.2, 0.25) is 5.78 Å². The molecule has 18 heavy (non-hydrogen) atoms. The third kappa shape index (κ3) is 2.42. The van der Waals surface area contributed by atoms with Gasteiger partial charge in [0.1, 0.15) is 17.3 Å². The van der Waals surface area contributed by atoms with Crippen molar-refractivity contribution in [3.63, 3.8) is 0 Å². The normalized spacial score (nSPS) is 10.6. The standard InChI is InChI=1S/C12H11F2N3O/c1-2-3-17-11(7-15-16-17)12(18)8-4-9(13)6-10(14)5-8/h4-7H,2-3H2,1H3. The first-order valence-electron chi connectivity index (χ1n) is 5.51. The van der Waals surface area contributed by atoms with Gasteiger partial charge in [0.15, 0.2) is 0 Å². The van der Waals surface area contributed by atoms with Crippen LogP contribution in [0.4, 0.5) is 8.78 Å². The molecule has 94 valence electrons. The molecule has 0 unspecified atom stereocenters. The summed E-state index contributed by atoms with van der Waals surface area (Å²) >= 11 is 0. The fourth-order valence-electron chi connectivity index (χ4n) is 1.64. The lowest BCUT2D eigenvalue weighted by Gasteiger charge is -2.04. The quantitative estimate of drug-likeness (QED) is 0.782. The zero-order chi connectivity index (χ0) is 13.1. The summed E-state index contributed by atoms with van der Waals surface area (Å²) in [5.74, 6) is -2.06.